The maximum absolute atomic E-state index is 13.7. The first-order chi connectivity index (χ1) is 17.4. The van der Waals surface area contributed by atoms with Gasteiger partial charge in [-0.2, -0.15) is 0 Å². The summed E-state index contributed by atoms with van der Waals surface area (Å²) in [6, 6.07) is 8.25. The fourth-order valence-corrected chi connectivity index (χ4v) is 5.02. The molecule has 9 heteroatoms. The molecule has 2 aromatic heterocycles. The summed E-state index contributed by atoms with van der Waals surface area (Å²) in [5.41, 5.74) is 1.18. The lowest BCUT2D eigenvalue weighted by Crippen LogP contribution is -2.40. The molecule has 0 aliphatic carbocycles. The molecule has 188 valence electrons. The first kappa shape index (κ1) is 25.2. The molecule has 1 aromatic carbocycles. The van der Waals surface area contributed by atoms with Crippen molar-refractivity contribution in [2.24, 2.45) is 4.99 Å². The number of benzene rings is 1. The molecule has 36 heavy (non-hydrogen) atoms. The minimum atomic E-state index is -0.756. The number of hydrogen-bond donors (Lipinski definition) is 0. The van der Waals surface area contributed by atoms with Gasteiger partial charge in [-0.1, -0.05) is 30.1 Å². The molecule has 0 fully saturated rings. The summed E-state index contributed by atoms with van der Waals surface area (Å²) in [4.78, 5) is 31.8. The molecule has 0 spiro atoms. The Bertz CT molecular complexity index is 1510. The van der Waals surface area contributed by atoms with Gasteiger partial charge < -0.3 is 18.6 Å². The Kier molecular flexibility index (Phi) is 7.59. The monoisotopic (exact) mass is 508 g/mol. The Balaban J connectivity index is 1.93. The van der Waals surface area contributed by atoms with Crippen molar-refractivity contribution in [2.75, 3.05) is 19.8 Å². The lowest BCUT2D eigenvalue weighted by Gasteiger charge is -2.25. The zero-order valence-electron chi connectivity index (χ0n) is 20.7. The van der Waals surface area contributed by atoms with Crippen molar-refractivity contribution in [3.8, 4) is 11.5 Å². The highest BCUT2D eigenvalue weighted by molar-refractivity contribution is 7.07. The van der Waals surface area contributed by atoms with Crippen LogP contribution in [0, 0.1) is 6.92 Å². The average molecular weight is 509 g/mol. The van der Waals surface area contributed by atoms with E-state index in [0.717, 1.165) is 5.76 Å². The number of fused-ring (bicyclic) bond motifs is 1. The topological polar surface area (TPSA) is 92.3 Å². The zero-order chi connectivity index (χ0) is 25.8. The number of allylic oxidation sites excluding steroid dienone is 1. The van der Waals surface area contributed by atoms with Crippen LogP contribution in [0.3, 0.4) is 0 Å². The van der Waals surface area contributed by atoms with Crippen LogP contribution in [0.2, 0.25) is 0 Å². The van der Waals surface area contributed by atoms with Gasteiger partial charge in [-0.15, -0.1) is 0 Å². The summed E-state index contributed by atoms with van der Waals surface area (Å²) in [5.74, 6) is 1.83. The highest BCUT2D eigenvalue weighted by Gasteiger charge is 2.34. The molecule has 4 rings (SSSR count). The second-order valence-corrected chi connectivity index (χ2v) is 9.00. The summed E-state index contributed by atoms with van der Waals surface area (Å²) >= 11 is 1.24. The van der Waals surface area contributed by atoms with E-state index in [1.54, 1.807) is 44.2 Å². The predicted octanol–water partition coefficient (Wildman–Crippen LogP) is 3.66. The fraction of sp³-hybridized carbons (Fsp3) is 0.296. The maximum Gasteiger partial charge on any atom is 0.338 e. The molecule has 0 saturated heterocycles. The van der Waals surface area contributed by atoms with E-state index >= 15 is 0 Å². The molecule has 1 aliphatic rings. The molecule has 3 aromatic rings. The van der Waals surface area contributed by atoms with Gasteiger partial charge in [0.25, 0.3) is 5.56 Å². The number of rotatable bonds is 9. The van der Waals surface area contributed by atoms with Crippen molar-refractivity contribution in [1.29, 1.82) is 0 Å². The molecule has 0 bridgehead atoms. The second-order valence-electron chi connectivity index (χ2n) is 7.99. The van der Waals surface area contributed by atoms with Crippen LogP contribution >= 0.6 is 11.3 Å². The highest BCUT2D eigenvalue weighted by atomic mass is 32.1. The van der Waals surface area contributed by atoms with Gasteiger partial charge in [-0.25, -0.2) is 9.79 Å². The largest absolute Gasteiger partial charge is 0.490 e. The van der Waals surface area contributed by atoms with Gasteiger partial charge in [-0.3, -0.25) is 9.36 Å². The third-order valence-corrected chi connectivity index (χ3v) is 6.47. The van der Waals surface area contributed by atoms with E-state index in [9.17, 15) is 9.59 Å². The van der Waals surface area contributed by atoms with Gasteiger partial charge in [-0.05, 0) is 57.5 Å². The van der Waals surface area contributed by atoms with Crippen molar-refractivity contribution in [3.05, 3.63) is 91.0 Å². The Labute approximate surface area is 212 Å². The van der Waals surface area contributed by atoms with Crippen LogP contribution in [0.1, 0.15) is 43.9 Å². The minimum absolute atomic E-state index is 0.198. The number of ether oxygens (including phenoxy) is 3. The number of esters is 1. The molecule has 3 heterocycles. The fourth-order valence-electron chi connectivity index (χ4n) is 4.00. The molecular weight excluding hydrogens is 480 g/mol. The maximum atomic E-state index is 13.7. The van der Waals surface area contributed by atoms with Crippen LogP contribution in [0.5, 0.6) is 11.5 Å². The van der Waals surface area contributed by atoms with Crippen molar-refractivity contribution in [1.82, 2.24) is 4.57 Å². The van der Waals surface area contributed by atoms with Gasteiger partial charge in [0.05, 0.1) is 35.1 Å². The van der Waals surface area contributed by atoms with Crippen molar-refractivity contribution >= 4 is 23.4 Å². The molecular formula is C27H28N2O6S. The van der Waals surface area contributed by atoms with Gasteiger partial charge in [0, 0.05) is 6.08 Å². The van der Waals surface area contributed by atoms with Gasteiger partial charge >= 0.3 is 5.97 Å². The van der Waals surface area contributed by atoms with Crippen LogP contribution in [0.15, 0.2) is 68.5 Å². The summed E-state index contributed by atoms with van der Waals surface area (Å²) in [6.07, 6.45) is 3.34. The van der Waals surface area contributed by atoms with Gasteiger partial charge in [0.2, 0.25) is 0 Å². The summed E-state index contributed by atoms with van der Waals surface area (Å²) in [5, 5.41) is 0. The summed E-state index contributed by atoms with van der Waals surface area (Å²) < 4.78 is 24.5. The third-order valence-electron chi connectivity index (χ3n) is 5.49. The van der Waals surface area contributed by atoms with E-state index in [1.807, 2.05) is 26.0 Å². The van der Waals surface area contributed by atoms with Gasteiger partial charge in [0.1, 0.15) is 18.1 Å². The average Bonchev–Trinajstić information content (AvgIpc) is 3.39. The normalized spacial score (nSPS) is 15.3. The number of furan rings is 1. The van der Waals surface area contributed by atoms with Crippen molar-refractivity contribution in [3.63, 3.8) is 0 Å². The lowest BCUT2D eigenvalue weighted by molar-refractivity contribution is -0.139. The predicted molar refractivity (Wildman–Crippen MR) is 137 cm³/mol. The van der Waals surface area contributed by atoms with Crippen LogP contribution in [-0.2, 0) is 9.53 Å². The Morgan fingerprint density at radius 2 is 1.97 bits per heavy atom. The van der Waals surface area contributed by atoms with Crippen LogP contribution < -0.4 is 24.4 Å². The molecule has 8 nitrogen and oxygen atoms in total. The molecule has 1 atom stereocenters. The summed E-state index contributed by atoms with van der Waals surface area (Å²) in [6.45, 7) is 11.8. The lowest BCUT2D eigenvalue weighted by atomic mass is 9.95. The number of thiazole rings is 1. The number of carbonyl (C=O) groups excluding carboxylic acids is 1. The number of nitrogens with zero attached hydrogens (tertiary/aromatic N) is 2. The quantitative estimate of drug-likeness (QED) is 0.324. The van der Waals surface area contributed by atoms with Crippen LogP contribution in [0.4, 0.5) is 0 Å². The third kappa shape index (κ3) is 4.92. The molecule has 0 unspecified atom stereocenters. The molecule has 0 saturated carbocycles. The van der Waals surface area contributed by atoms with Crippen LogP contribution in [0.25, 0.3) is 6.08 Å². The van der Waals surface area contributed by atoms with Gasteiger partial charge in [0.15, 0.2) is 16.3 Å². The Morgan fingerprint density at radius 3 is 2.64 bits per heavy atom. The van der Waals surface area contributed by atoms with Crippen molar-refractivity contribution in [2.45, 2.75) is 33.7 Å². The molecule has 0 radical (unpaired) electrons. The smallest absolute Gasteiger partial charge is 0.338 e. The highest BCUT2D eigenvalue weighted by Crippen LogP contribution is 2.36. The van der Waals surface area contributed by atoms with E-state index in [0.29, 0.717) is 56.6 Å². The first-order valence-corrected chi connectivity index (χ1v) is 12.5. The van der Waals surface area contributed by atoms with E-state index in [4.69, 9.17) is 18.6 Å². The zero-order valence-corrected chi connectivity index (χ0v) is 21.5. The minimum Gasteiger partial charge on any atom is -0.490 e. The van der Waals surface area contributed by atoms with Crippen LogP contribution in [-0.4, -0.2) is 30.4 Å². The molecule has 0 N–H and O–H groups in total. The first-order valence-electron chi connectivity index (χ1n) is 11.6. The van der Waals surface area contributed by atoms with E-state index in [2.05, 4.69) is 11.6 Å². The molecule has 0 amide bonds. The van der Waals surface area contributed by atoms with Crippen molar-refractivity contribution < 1.29 is 23.4 Å². The number of hydrogen-bond acceptors (Lipinski definition) is 8. The number of aryl methyl sites for hydroxylation is 1. The van der Waals surface area contributed by atoms with E-state index < -0.39 is 12.0 Å². The summed E-state index contributed by atoms with van der Waals surface area (Å²) in [7, 11) is 0. The standard InChI is InChI=1S/C27H28N2O6S/c1-6-13-34-20-12-10-18(14-21(20)32-7-2)24-23(26(31)33-8-3)17(5)28-27-29(24)25(30)22(36-27)15-19-11-9-16(4)35-19/h6,9-12,14-15,24H,1,7-8,13H2,2-5H3/t24-/m1/s1. The second kappa shape index (κ2) is 10.8. The molecule has 1 aliphatic heterocycles. The van der Waals surface area contributed by atoms with E-state index in [1.165, 1.54) is 15.9 Å². The number of aromatic nitrogens is 1. The van der Waals surface area contributed by atoms with E-state index in [-0.39, 0.29) is 12.2 Å². The Morgan fingerprint density at radius 1 is 1.17 bits per heavy atom. The number of carbonyl (C=O) groups is 1. The SMILES string of the molecule is C=CCOc1ccc([C@@H]2C(C(=O)OCC)=C(C)N=c3sc(=Cc4ccc(C)o4)c(=O)n32)cc1OCC. The Hall–Kier alpha value is -3.85.